The molecule has 0 saturated heterocycles. The molecule has 0 bridgehead atoms. The number of carbonyl (C=O) groups is 4. The van der Waals surface area contributed by atoms with Crippen LogP contribution in [-0.4, -0.2) is 96.7 Å². The maximum Gasteiger partial charge on any atom is 0.472 e. The smallest absolute Gasteiger partial charge is 0.462 e. The third-order valence-corrected chi connectivity index (χ3v) is 19.5. The van der Waals surface area contributed by atoms with E-state index in [1.165, 1.54) is 167 Å². The first kappa shape index (κ1) is 95.3. The van der Waals surface area contributed by atoms with Crippen molar-refractivity contribution in [2.24, 2.45) is 0 Å². The maximum atomic E-state index is 13.1. The Morgan fingerprint density at radius 2 is 0.469 bits per heavy atom. The number of unbranched alkanes of at least 4 members (excludes halogenated alkanes) is 45. The number of aliphatic hydroxyl groups excluding tert-OH is 1. The standard InChI is InChI=1S/C79H148O17P2/c1-5-9-13-17-21-25-29-33-36-40-43-47-51-55-59-63-76(81)89-69-74(95-78(83)65-61-57-53-49-45-39-32-28-24-20-16-12-8-4)71-93-97(85,86)91-67-73(80)68-92-98(87,88)94-72-75(96-79(84)66-62-58-54-50-46-42-38-35-31-27-23-19-15-11-7-3)70-90-77(82)64-60-56-52-48-44-41-37-34-30-26-22-18-14-10-6-2/h33-38,73-75,80H,5-32,39-72H2,1-4H3,(H,85,86)(H,87,88)/b36-33-,37-34-,38-35-/t73-,74+,75+/m0/s1. The zero-order valence-corrected chi connectivity index (χ0v) is 64.8. The highest BCUT2D eigenvalue weighted by Crippen LogP contribution is 2.45. The summed E-state index contributed by atoms with van der Waals surface area (Å²) in [5.41, 5.74) is 0. The van der Waals surface area contributed by atoms with Crippen molar-refractivity contribution >= 4 is 39.5 Å². The molecule has 0 heterocycles. The Hall–Kier alpha value is -2.72. The summed E-state index contributed by atoms with van der Waals surface area (Å²) in [5.74, 6) is -2.16. The van der Waals surface area contributed by atoms with E-state index in [1.54, 1.807) is 0 Å². The van der Waals surface area contributed by atoms with Crippen LogP contribution in [0.25, 0.3) is 0 Å². The van der Waals surface area contributed by atoms with Crippen LogP contribution in [0, 0.1) is 0 Å². The number of rotatable bonds is 77. The highest BCUT2D eigenvalue weighted by Gasteiger charge is 2.30. The van der Waals surface area contributed by atoms with Gasteiger partial charge < -0.3 is 33.8 Å². The SMILES string of the molecule is CCCCCCCC/C=C\CCCCCCCC(=O)OC[C@H](COP(=O)(O)OC[C@@H](O)COP(=O)(O)OC[C@@H](COC(=O)CCCCCCC/C=C\CCCCCCCC)OC(=O)CCCCCCCCCCCCCCC)OC(=O)CCCCCCC/C=C\CCCCCCCC. The molecule has 0 aromatic carbocycles. The average molecular weight is 1430 g/mol. The minimum Gasteiger partial charge on any atom is -0.462 e. The molecule has 0 aliphatic rings. The van der Waals surface area contributed by atoms with Gasteiger partial charge in [0.15, 0.2) is 12.2 Å². The van der Waals surface area contributed by atoms with Crippen LogP contribution in [0.3, 0.4) is 0 Å². The summed E-state index contributed by atoms with van der Waals surface area (Å²) in [6, 6.07) is 0. The van der Waals surface area contributed by atoms with E-state index in [0.717, 1.165) is 141 Å². The fraction of sp³-hybridized carbons (Fsp3) is 0.873. The molecular weight excluding hydrogens is 1280 g/mol. The van der Waals surface area contributed by atoms with E-state index in [4.69, 9.17) is 37.0 Å². The highest BCUT2D eigenvalue weighted by atomic mass is 31.2. The van der Waals surface area contributed by atoms with Gasteiger partial charge in [-0.3, -0.25) is 37.3 Å². The monoisotopic (exact) mass is 1430 g/mol. The molecular formula is C79H148O17P2. The molecule has 0 rings (SSSR count). The molecule has 0 radical (unpaired) electrons. The number of hydrogen-bond donors (Lipinski definition) is 3. The Bertz CT molecular complexity index is 2000. The Balaban J connectivity index is 5.32. The van der Waals surface area contributed by atoms with Gasteiger partial charge in [-0.25, -0.2) is 9.13 Å². The van der Waals surface area contributed by atoms with E-state index >= 15 is 0 Å². The summed E-state index contributed by atoms with van der Waals surface area (Å²) in [7, 11) is -9.93. The normalized spacial score (nSPS) is 14.1. The van der Waals surface area contributed by atoms with Crippen molar-refractivity contribution in [2.75, 3.05) is 39.6 Å². The Labute approximate surface area is 598 Å². The summed E-state index contributed by atoms with van der Waals surface area (Å²) in [5, 5.41) is 10.6. The lowest BCUT2D eigenvalue weighted by Crippen LogP contribution is -2.30. The van der Waals surface area contributed by atoms with Gasteiger partial charge in [-0.2, -0.15) is 0 Å². The first-order valence-corrected chi connectivity index (χ1v) is 43.2. The van der Waals surface area contributed by atoms with Gasteiger partial charge in [0.05, 0.1) is 26.4 Å². The fourth-order valence-corrected chi connectivity index (χ4v) is 13.0. The zero-order chi connectivity index (χ0) is 71.8. The lowest BCUT2D eigenvalue weighted by Gasteiger charge is -2.21. The van der Waals surface area contributed by atoms with Gasteiger partial charge in [0.1, 0.15) is 19.3 Å². The number of aliphatic hydroxyl groups is 1. The van der Waals surface area contributed by atoms with Crippen molar-refractivity contribution in [3.63, 3.8) is 0 Å². The lowest BCUT2D eigenvalue weighted by molar-refractivity contribution is -0.161. The van der Waals surface area contributed by atoms with E-state index in [0.29, 0.717) is 25.7 Å². The topological polar surface area (TPSA) is 237 Å². The number of esters is 4. The molecule has 0 aliphatic heterocycles. The van der Waals surface area contributed by atoms with Gasteiger partial charge in [0, 0.05) is 25.7 Å². The molecule has 0 aromatic rings. The van der Waals surface area contributed by atoms with Crippen LogP contribution < -0.4 is 0 Å². The van der Waals surface area contributed by atoms with Crippen molar-refractivity contribution in [1.29, 1.82) is 0 Å². The lowest BCUT2D eigenvalue weighted by atomic mass is 10.0. The largest absolute Gasteiger partial charge is 0.472 e. The quantitative estimate of drug-likeness (QED) is 0.0169. The molecule has 98 heavy (non-hydrogen) atoms. The molecule has 0 spiro atoms. The molecule has 0 fully saturated rings. The number of ether oxygens (including phenoxy) is 4. The number of phosphoric acid groups is 2. The van der Waals surface area contributed by atoms with Gasteiger partial charge in [-0.05, 0) is 103 Å². The second-order valence-electron chi connectivity index (χ2n) is 27.4. The summed E-state index contributed by atoms with van der Waals surface area (Å²) < 4.78 is 68.6. The number of carbonyl (C=O) groups excluding carboxylic acids is 4. The van der Waals surface area contributed by atoms with Crippen molar-refractivity contribution in [2.45, 2.75) is 406 Å². The van der Waals surface area contributed by atoms with Crippen LogP contribution in [0.15, 0.2) is 36.5 Å². The van der Waals surface area contributed by atoms with Crippen molar-refractivity contribution < 1.29 is 80.2 Å². The van der Waals surface area contributed by atoms with Crippen LogP contribution >= 0.6 is 15.6 Å². The van der Waals surface area contributed by atoms with E-state index in [9.17, 15) is 43.2 Å². The van der Waals surface area contributed by atoms with E-state index in [1.807, 2.05) is 0 Å². The molecule has 2 unspecified atom stereocenters. The summed E-state index contributed by atoms with van der Waals surface area (Å²) in [6.45, 7) is 4.92. The van der Waals surface area contributed by atoms with Crippen molar-refractivity contribution in [3.05, 3.63) is 36.5 Å². The molecule has 0 aliphatic carbocycles. The summed E-state index contributed by atoms with van der Waals surface area (Å²) in [4.78, 5) is 72.9. The van der Waals surface area contributed by atoms with Gasteiger partial charge >= 0.3 is 39.5 Å². The second kappa shape index (κ2) is 72.6. The Morgan fingerprint density at radius 3 is 0.704 bits per heavy atom. The minimum atomic E-state index is -4.97. The third kappa shape index (κ3) is 71.7. The molecule has 3 N–H and O–H groups in total. The minimum absolute atomic E-state index is 0.0898. The third-order valence-electron chi connectivity index (χ3n) is 17.6. The first-order valence-electron chi connectivity index (χ1n) is 40.2. The van der Waals surface area contributed by atoms with Crippen LogP contribution in [-0.2, 0) is 65.4 Å². The van der Waals surface area contributed by atoms with Crippen LogP contribution in [0.1, 0.15) is 387 Å². The van der Waals surface area contributed by atoms with Gasteiger partial charge in [0.2, 0.25) is 0 Å². The predicted molar refractivity (Wildman–Crippen MR) is 400 cm³/mol. The van der Waals surface area contributed by atoms with Crippen LogP contribution in [0.5, 0.6) is 0 Å². The molecule has 19 heteroatoms. The first-order chi connectivity index (χ1) is 47.7. The second-order valence-corrected chi connectivity index (χ2v) is 30.3. The highest BCUT2D eigenvalue weighted by molar-refractivity contribution is 7.47. The molecule has 17 nitrogen and oxygen atoms in total. The molecule has 576 valence electrons. The predicted octanol–water partition coefficient (Wildman–Crippen LogP) is 23.1. The summed E-state index contributed by atoms with van der Waals surface area (Å²) in [6.07, 6.45) is 68.3. The number of hydrogen-bond acceptors (Lipinski definition) is 15. The fourth-order valence-electron chi connectivity index (χ4n) is 11.4. The van der Waals surface area contributed by atoms with Gasteiger partial charge in [0.25, 0.3) is 0 Å². The van der Waals surface area contributed by atoms with E-state index in [-0.39, 0.29) is 25.7 Å². The van der Waals surface area contributed by atoms with E-state index < -0.39 is 97.5 Å². The Morgan fingerprint density at radius 1 is 0.276 bits per heavy atom. The van der Waals surface area contributed by atoms with Crippen molar-refractivity contribution in [1.82, 2.24) is 0 Å². The van der Waals surface area contributed by atoms with E-state index in [2.05, 4.69) is 64.2 Å². The molecule has 0 aromatic heterocycles. The molecule has 0 saturated carbocycles. The maximum absolute atomic E-state index is 13.1. The van der Waals surface area contributed by atoms with Gasteiger partial charge in [-0.1, -0.05) is 295 Å². The molecule has 5 atom stereocenters. The van der Waals surface area contributed by atoms with Crippen LogP contribution in [0.2, 0.25) is 0 Å². The number of allylic oxidation sites excluding steroid dienone is 6. The number of phosphoric ester groups is 2. The average Bonchev–Trinajstić information content (AvgIpc) is 1.04. The molecule has 0 amide bonds. The van der Waals surface area contributed by atoms with Crippen LogP contribution in [0.4, 0.5) is 0 Å². The van der Waals surface area contributed by atoms with Gasteiger partial charge in [-0.15, -0.1) is 0 Å². The van der Waals surface area contributed by atoms with Crippen molar-refractivity contribution in [3.8, 4) is 0 Å². The summed E-state index contributed by atoms with van der Waals surface area (Å²) >= 11 is 0. The zero-order valence-electron chi connectivity index (χ0n) is 63.0. The Kier molecular flexibility index (Phi) is 70.6.